The molecule has 3 aromatic rings. The van der Waals surface area contributed by atoms with Gasteiger partial charge < -0.3 is 25.6 Å². The summed E-state index contributed by atoms with van der Waals surface area (Å²) in [5, 5.41) is 12.9. The molecule has 0 atom stereocenters. The zero-order valence-electron chi connectivity index (χ0n) is 15.3. The molecule has 0 saturated carbocycles. The number of nitrogens with two attached hydrogens (primary N) is 1. The van der Waals surface area contributed by atoms with E-state index in [1.54, 1.807) is 32.2 Å². The lowest BCUT2D eigenvalue weighted by molar-refractivity contribution is 0.0459. The predicted octanol–water partition coefficient (Wildman–Crippen LogP) is 2.58. The van der Waals surface area contributed by atoms with E-state index < -0.39 is 5.97 Å². The Labute approximate surface area is 161 Å². The molecule has 4 N–H and O–H groups in total. The van der Waals surface area contributed by atoms with Crippen LogP contribution in [0.1, 0.15) is 21.7 Å². The quantitative estimate of drug-likeness (QED) is 0.551. The molecule has 0 unspecified atom stereocenters. The molecular weight excluding hydrogens is 362 g/mol. The molecule has 0 bridgehead atoms. The first kappa shape index (κ1) is 18.9. The molecule has 0 radical (unpaired) electrons. The number of methoxy groups -OCH3 is 1. The summed E-state index contributed by atoms with van der Waals surface area (Å²) in [6, 6.07) is 11.9. The summed E-state index contributed by atoms with van der Waals surface area (Å²) in [5.41, 5.74) is 7.25. The maximum absolute atomic E-state index is 12.2. The molecule has 1 heterocycles. The van der Waals surface area contributed by atoms with Crippen molar-refractivity contribution in [1.29, 1.82) is 0 Å². The number of nitrogens with one attached hydrogen (secondary N) is 1. The van der Waals surface area contributed by atoms with Gasteiger partial charge in [0, 0.05) is 0 Å². The fourth-order valence-corrected chi connectivity index (χ4v) is 2.45. The molecule has 1 aromatic heterocycles. The molecule has 0 aliphatic carbocycles. The summed E-state index contributed by atoms with van der Waals surface area (Å²) in [5.74, 6) is 0.0569. The molecule has 9 heteroatoms. The van der Waals surface area contributed by atoms with E-state index in [0.717, 1.165) is 5.56 Å². The first-order valence-electron chi connectivity index (χ1n) is 8.33. The first-order valence-corrected chi connectivity index (χ1v) is 8.33. The molecule has 0 saturated heterocycles. The summed E-state index contributed by atoms with van der Waals surface area (Å²) in [6.07, 6.45) is 0. The van der Waals surface area contributed by atoms with Crippen LogP contribution >= 0.6 is 0 Å². The van der Waals surface area contributed by atoms with Crippen LogP contribution in [-0.2, 0) is 11.3 Å². The van der Waals surface area contributed by atoms with Crippen LogP contribution < -0.4 is 15.8 Å². The number of carbonyl (C=O) groups is 1. The monoisotopic (exact) mass is 381 g/mol. The average molecular weight is 381 g/mol. The number of phenolic OH excluding ortho intramolecular Hbond substituents is 1. The van der Waals surface area contributed by atoms with Crippen molar-refractivity contribution in [3.8, 4) is 11.5 Å². The Morgan fingerprint density at radius 3 is 2.71 bits per heavy atom. The minimum absolute atomic E-state index is 0.0309. The highest BCUT2D eigenvalue weighted by atomic mass is 16.5. The van der Waals surface area contributed by atoms with E-state index >= 15 is 0 Å². The molecule has 9 nitrogen and oxygen atoms in total. The number of carbonyl (C=O) groups excluding carboxylic acids is 1. The van der Waals surface area contributed by atoms with Crippen LogP contribution in [0.2, 0.25) is 0 Å². The minimum atomic E-state index is -0.698. The van der Waals surface area contributed by atoms with E-state index in [0.29, 0.717) is 11.4 Å². The molecule has 144 valence electrons. The smallest absolute Gasteiger partial charge is 0.342 e. The molecule has 3 rings (SSSR count). The Kier molecular flexibility index (Phi) is 5.54. The number of aromatic hydroxyl groups is 1. The van der Waals surface area contributed by atoms with E-state index in [-0.39, 0.29) is 35.6 Å². The first-order chi connectivity index (χ1) is 13.5. The number of hydrogen-bond donors (Lipinski definition) is 3. The van der Waals surface area contributed by atoms with Crippen molar-refractivity contribution in [2.24, 2.45) is 0 Å². The van der Waals surface area contributed by atoms with Crippen LogP contribution in [0.3, 0.4) is 0 Å². The van der Waals surface area contributed by atoms with Crippen LogP contribution in [0.5, 0.6) is 11.5 Å². The molecule has 0 spiro atoms. The number of aromatic nitrogens is 3. The molecule has 0 amide bonds. The van der Waals surface area contributed by atoms with Crippen molar-refractivity contribution >= 4 is 23.6 Å². The topological polar surface area (TPSA) is 132 Å². The predicted molar refractivity (Wildman–Crippen MR) is 102 cm³/mol. The largest absolute Gasteiger partial charge is 0.507 e. The Balaban J connectivity index is 1.73. The number of para-hydroxylation sites is 2. The highest BCUT2D eigenvalue weighted by molar-refractivity contribution is 5.92. The van der Waals surface area contributed by atoms with Crippen molar-refractivity contribution in [3.63, 3.8) is 0 Å². The summed E-state index contributed by atoms with van der Waals surface area (Å²) in [4.78, 5) is 24.4. The Morgan fingerprint density at radius 1 is 1.18 bits per heavy atom. The molecule has 2 aromatic carbocycles. The third-order valence-corrected chi connectivity index (χ3v) is 3.76. The number of benzene rings is 2. The van der Waals surface area contributed by atoms with E-state index in [1.165, 1.54) is 12.1 Å². The Bertz CT molecular complexity index is 1010. The number of nitrogen functional groups attached to an aromatic ring is 1. The Hall–Kier alpha value is -3.88. The number of hydrogen-bond acceptors (Lipinski definition) is 9. The fourth-order valence-electron chi connectivity index (χ4n) is 2.45. The van der Waals surface area contributed by atoms with Gasteiger partial charge in [0.15, 0.2) is 12.4 Å². The number of nitrogens with zero attached hydrogens (tertiary/aromatic N) is 3. The van der Waals surface area contributed by atoms with E-state index in [2.05, 4.69) is 20.3 Å². The third-order valence-electron chi connectivity index (χ3n) is 3.76. The lowest BCUT2D eigenvalue weighted by Gasteiger charge is -2.11. The second-order valence-electron chi connectivity index (χ2n) is 5.86. The SMILES string of the molecule is COc1ccccc1Nc1nc(N)nc(COC(=O)c2ccc(C)cc2O)n1. The van der Waals surface area contributed by atoms with Crippen LogP contribution in [0.25, 0.3) is 0 Å². The van der Waals surface area contributed by atoms with Crippen LogP contribution in [0.15, 0.2) is 42.5 Å². The standard InChI is InChI=1S/C19H19N5O4/c1-11-7-8-12(14(25)9-11)17(26)28-10-16-22-18(20)24-19(23-16)21-13-5-3-4-6-15(13)27-2/h3-9,25H,10H2,1-2H3,(H3,20,21,22,23,24). The number of rotatable bonds is 6. The van der Waals surface area contributed by atoms with Crippen LogP contribution in [0, 0.1) is 6.92 Å². The van der Waals surface area contributed by atoms with Crippen molar-refractivity contribution in [2.75, 3.05) is 18.2 Å². The highest BCUT2D eigenvalue weighted by Gasteiger charge is 2.14. The van der Waals surface area contributed by atoms with Gasteiger partial charge in [-0.25, -0.2) is 4.79 Å². The van der Waals surface area contributed by atoms with Crippen LogP contribution in [0.4, 0.5) is 17.6 Å². The fraction of sp³-hybridized carbons (Fsp3) is 0.158. The zero-order valence-corrected chi connectivity index (χ0v) is 15.3. The second kappa shape index (κ2) is 8.21. The van der Waals surface area contributed by atoms with Crippen LogP contribution in [-0.4, -0.2) is 33.1 Å². The Morgan fingerprint density at radius 2 is 1.96 bits per heavy atom. The summed E-state index contributed by atoms with van der Waals surface area (Å²) < 4.78 is 10.4. The molecule has 0 fully saturated rings. The number of aryl methyl sites for hydroxylation is 1. The van der Waals surface area contributed by atoms with Gasteiger partial charge in [-0.15, -0.1) is 0 Å². The number of esters is 1. The van der Waals surface area contributed by atoms with E-state index in [9.17, 15) is 9.90 Å². The molecule has 0 aliphatic rings. The number of ether oxygens (including phenoxy) is 2. The van der Waals surface area contributed by atoms with E-state index in [1.807, 2.05) is 12.1 Å². The van der Waals surface area contributed by atoms with Gasteiger partial charge in [-0.1, -0.05) is 18.2 Å². The van der Waals surface area contributed by atoms with Gasteiger partial charge in [-0.3, -0.25) is 0 Å². The maximum atomic E-state index is 12.2. The van der Waals surface area contributed by atoms with Crippen molar-refractivity contribution in [1.82, 2.24) is 15.0 Å². The summed E-state index contributed by atoms with van der Waals surface area (Å²) >= 11 is 0. The lowest BCUT2D eigenvalue weighted by atomic mass is 10.1. The average Bonchev–Trinajstić information content (AvgIpc) is 2.66. The van der Waals surface area contributed by atoms with Gasteiger partial charge in [-0.2, -0.15) is 15.0 Å². The highest BCUT2D eigenvalue weighted by Crippen LogP contribution is 2.25. The maximum Gasteiger partial charge on any atom is 0.342 e. The molecular formula is C19H19N5O4. The van der Waals surface area contributed by atoms with Crippen molar-refractivity contribution < 1.29 is 19.4 Å². The molecule has 28 heavy (non-hydrogen) atoms. The molecule has 0 aliphatic heterocycles. The summed E-state index contributed by atoms with van der Waals surface area (Å²) in [7, 11) is 1.55. The van der Waals surface area contributed by atoms with Gasteiger partial charge in [0.1, 0.15) is 17.1 Å². The minimum Gasteiger partial charge on any atom is -0.507 e. The lowest BCUT2D eigenvalue weighted by Crippen LogP contribution is -2.11. The van der Waals surface area contributed by atoms with Gasteiger partial charge in [-0.05, 0) is 36.8 Å². The van der Waals surface area contributed by atoms with Gasteiger partial charge in [0.2, 0.25) is 11.9 Å². The number of anilines is 3. The summed E-state index contributed by atoms with van der Waals surface area (Å²) in [6.45, 7) is 1.57. The number of phenols is 1. The van der Waals surface area contributed by atoms with Gasteiger partial charge in [0.25, 0.3) is 0 Å². The van der Waals surface area contributed by atoms with Crippen molar-refractivity contribution in [3.05, 3.63) is 59.4 Å². The van der Waals surface area contributed by atoms with Gasteiger partial charge in [0.05, 0.1) is 12.8 Å². The van der Waals surface area contributed by atoms with Crippen molar-refractivity contribution in [2.45, 2.75) is 13.5 Å². The zero-order chi connectivity index (χ0) is 20.1. The third kappa shape index (κ3) is 4.44. The van der Waals surface area contributed by atoms with Gasteiger partial charge >= 0.3 is 5.97 Å². The second-order valence-corrected chi connectivity index (χ2v) is 5.86. The normalized spacial score (nSPS) is 10.4. The van der Waals surface area contributed by atoms with E-state index in [4.69, 9.17) is 15.2 Å².